The molecule has 0 nitrogen and oxygen atoms in total. The lowest BCUT2D eigenvalue weighted by atomic mass is 10.2. The number of hydrogen-bond donors (Lipinski definition) is 0. The van der Waals surface area contributed by atoms with Crippen LogP contribution in [-0.4, -0.2) is 14.4 Å². The molecule has 0 atom stereocenters. The molecule has 0 N–H and O–H groups in total. The first kappa shape index (κ1) is 10.1. The van der Waals surface area contributed by atoms with Gasteiger partial charge in [-0.15, -0.1) is 23.2 Å². The third-order valence-corrected chi connectivity index (χ3v) is 4.82. The summed E-state index contributed by atoms with van der Waals surface area (Å²) in [6.07, 6.45) is 0. The Hall–Kier alpha value is 0.0169. The smallest absolute Gasteiger partial charge is 0.105 e. The fraction of sp³-hybridized carbons (Fsp3) is 0.333. The van der Waals surface area contributed by atoms with Crippen LogP contribution in [0.25, 0.3) is 0 Å². The molecule has 0 spiro atoms. The van der Waals surface area contributed by atoms with E-state index in [0.717, 1.165) is 6.04 Å². The Balaban J connectivity index is 2.25. The van der Waals surface area contributed by atoms with Crippen molar-refractivity contribution in [1.29, 1.82) is 0 Å². The molecule has 0 unspecified atom stereocenters. The van der Waals surface area contributed by atoms with Gasteiger partial charge in [-0.3, -0.25) is 0 Å². The maximum Gasteiger partial charge on any atom is 0.105 e. The molecule has 0 aliphatic rings. The summed E-state index contributed by atoms with van der Waals surface area (Å²) in [6.45, 7) is 0. The molecular formula is C9H12Cl2Si. The van der Waals surface area contributed by atoms with E-state index in [2.05, 4.69) is 24.3 Å². The van der Waals surface area contributed by atoms with Crippen LogP contribution in [0.15, 0.2) is 30.3 Å². The first-order valence-electron chi connectivity index (χ1n) is 4.11. The van der Waals surface area contributed by atoms with Crippen LogP contribution < -0.4 is 0 Å². The molecule has 0 radical (unpaired) electrons. The fourth-order valence-corrected chi connectivity index (χ4v) is 3.29. The van der Waals surface area contributed by atoms with Gasteiger partial charge in [0.05, 0.1) is 0 Å². The van der Waals surface area contributed by atoms with Gasteiger partial charge < -0.3 is 0 Å². The zero-order valence-corrected chi connectivity index (χ0v) is 9.77. The van der Waals surface area contributed by atoms with Gasteiger partial charge in [-0.25, -0.2) is 0 Å². The molecule has 0 saturated heterocycles. The number of alkyl halides is 2. The molecule has 1 aromatic carbocycles. The van der Waals surface area contributed by atoms with E-state index >= 15 is 0 Å². The van der Waals surface area contributed by atoms with Gasteiger partial charge in [0, 0.05) is 9.52 Å². The Morgan fingerprint density at radius 1 is 1.17 bits per heavy atom. The molecule has 66 valence electrons. The largest absolute Gasteiger partial charge is 0.106 e. The van der Waals surface area contributed by atoms with Crippen molar-refractivity contribution in [2.75, 3.05) is 0 Å². The summed E-state index contributed by atoms with van der Waals surface area (Å²) in [5.74, 6) is 0. The molecule has 1 rings (SSSR count). The first-order valence-corrected chi connectivity index (χ1v) is 6.98. The van der Waals surface area contributed by atoms with Gasteiger partial charge in [-0.05, 0) is 12.1 Å². The second kappa shape index (κ2) is 5.63. The average Bonchev–Trinajstić information content (AvgIpc) is 2.05. The van der Waals surface area contributed by atoms with Crippen molar-refractivity contribution in [2.45, 2.75) is 16.9 Å². The molecular weight excluding hydrogens is 207 g/mol. The van der Waals surface area contributed by atoms with Gasteiger partial charge in [0.25, 0.3) is 0 Å². The van der Waals surface area contributed by atoms with Crippen LogP contribution in [-0.2, 0) is 6.04 Å². The van der Waals surface area contributed by atoms with Crippen molar-refractivity contribution in [1.82, 2.24) is 0 Å². The summed E-state index contributed by atoms with van der Waals surface area (Å²) in [5.41, 5.74) is 1.41. The monoisotopic (exact) mass is 218 g/mol. The van der Waals surface area contributed by atoms with Crippen molar-refractivity contribution in [3.63, 3.8) is 0 Å². The zero-order valence-electron chi connectivity index (χ0n) is 6.84. The molecule has 0 heterocycles. The van der Waals surface area contributed by atoms with Crippen LogP contribution in [0.1, 0.15) is 5.56 Å². The maximum atomic E-state index is 5.64. The highest BCUT2D eigenvalue weighted by Gasteiger charge is 1.98. The average molecular weight is 219 g/mol. The number of rotatable bonds is 4. The highest BCUT2D eigenvalue weighted by molar-refractivity contribution is 6.49. The van der Waals surface area contributed by atoms with Gasteiger partial charge in [-0.1, -0.05) is 35.9 Å². The molecule has 0 aromatic heterocycles. The van der Waals surface area contributed by atoms with E-state index in [0.29, 0.717) is 0 Å². The SMILES string of the molecule is ClC(Cl)C[SiH2]Cc1ccccc1. The number of hydrogen-bond acceptors (Lipinski definition) is 0. The molecule has 3 heteroatoms. The van der Waals surface area contributed by atoms with Crippen molar-refractivity contribution in [2.24, 2.45) is 0 Å². The summed E-state index contributed by atoms with van der Waals surface area (Å²) in [6, 6.07) is 12.7. The number of benzene rings is 1. The van der Waals surface area contributed by atoms with Gasteiger partial charge in [0.2, 0.25) is 0 Å². The number of halogens is 2. The van der Waals surface area contributed by atoms with Gasteiger partial charge >= 0.3 is 0 Å². The second-order valence-corrected chi connectivity index (χ2v) is 5.83. The van der Waals surface area contributed by atoms with Crippen LogP contribution in [0.4, 0.5) is 0 Å². The highest BCUT2D eigenvalue weighted by Crippen LogP contribution is 2.08. The maximum absolute atomic E-state index is 5.64. The first-order chi connectivity index (χ1) is 5.79. The lowest BCUT2D eigenvalue weighted by Crippen LogP contribution is -2.00. The van der Waals surface area contributed by atoms with Crippen LogP contribution in [0.3, 0.4) is 0 Å². The summed E-state index contributed by atoms with van der Waals surface area (Å²) in [7, 11) is -0.0983. The van der Waals surface area contributed by atoms with Crippen molar-refractivity contribution in [3.8, 4) is 0 Å². The van der Waals surface area contributed by atoms with Gasteiger partial charge in [-0.2, -0.15) is 0 Å². The molecule has 0 fully saturated rings. The Kier molecular flexibility index (Phi) is 4.74. The second-order valence-electron chi connectivity index (χ2n) is 2.77. The normalized spacial score (nSPS) is 11.6. The van der Waals surface area contributed by atoms with E-state index < -0.39 is 0 Å². The lowest BCUT2D eigenvalue weighted by molar-refractivity contribution is 1.29. The molecule has 0 bridgehead atoms. The third-order valence-electron chi connectivity index (χ3n) is 1.73. The van der Waals surface area contributed by atoms with Crippen LogP contribution in [0, 0.1) is 0 Å². The van der Waals surface area contributed by atoms with E-state index in [-0.39, 0.29) is 14.4 Å². The van der Waals surface area contributed by atoms with E-state index in [1.807, 2.05) is 6.07 Å². The molecule has 0 aliphatic heterocycles. The van der Waals surface area contributed by atoms with E-state index in [1.54, 1.807) is 0 Å². The predicted molar refractivity (Wildman–Crippen MR) is 59.0 cm³/mol. The van der Waals surface area contributed by atoms with E-state index in [9.17, 15) is 0 Å². The van der Waals surface area contributed by atoms with Crippen LogP contribution in [0.5, 0.6) is 0 Å². The Morgan fingerprint density at radius 3 is 2.42 bits per heavy atom. The molecule has 0 amide bonds. The molecule has 1 aromatic rings. The standard InChI is InChI=1S/C9H12Cl2Si/c10-9(11)7-12-6-8-4-2-1-3-5-8/h1-5,9H,6-7,12H2. The topological polar surface area (TPSA) is 0 Å². The zero-order chi connectivity index (χ0) is 8.81. The molecule has 12 heavy (non-hydrogen) atoms. The van der Waals surface area contributed by atoms with Crippen molar-refractivity contribution >= 4 is 32.7 Å². The van der Waals surface area contributed by atoms with Gasteiger partial charge in [0.15, 0.2) is 0 Å². The van der Waals surface area contributed by atoms with Crippen molar-refractivity contribution in [3.05, 3.63) is 35.9 Å². The third kappa shape index (κ3) is 4.15. The summed E-state index contributed by atoms with van der Waals surface area (Å²) in [5, 5.41) is 0. The van der Waals surface area contributed by atoms with E-state index in [1.165, 1.54) is 11.6 Å². The highest BCUT2D eigenvalue weighted by atomic mass is 35.5. The Bertz CT molecular complexity index is 211. The minimum absolute atomic E-state index is 0.0983. The Labute approximate surface area is 85.7 Å². The molecule has 0 saturated carbocycles. The summed E-state index contributed by atoms with van der Waals surface area (Å²) < 4.78 is 0. The fourth-order valence-electron chi connectivity index (χ4n) is 1.11. The molecule has 0 aliphatic carbocycles. The van der Waals surface area contributed by atoms with Crippen LogP contribution >= 0.6 is 23.2 Å². The minimum atomic E-state index is -0.152. The van der Waals surface area contributed by atoms with Crippen LogP contribution in [0.2, 0.25) is 6.04 Å². The Morgan fingerprint density at radius 2 is 1.83 bits per heavy atom. The predicted octanol–water partition coefficient (Wildman–Crippen LogP) is 2.58. The minimum Gasteiger partial charge on any atom is -0.106 e. The van der Waals surface area contributed by atoms with E-state index in [4.69, 9.17) is 23.2 Å². The summed E-state index contributed by atoms with van der Waals surface area (Å²) in [4.78, 5) is -0.152. The van der Waals surface area contributed by atoms with Crippen molar-refractivity contribution < 1.29 is 0 Å². The lowest BCUT2D eigenvalue weighted by Gasteiger charge is -2.00. The van der Waals surface area contributed by atoms with Gasteiger partial charge in [0.1, 0.15) is 4.84 Å². The quantitative estimate of drug-likeness (QED) is 0.539. The summed E-state index contributed by atoms with van der Waals surface area (Å²) >= 11 is 11.3.